The molecule has 0 aromatic heterocycles. The molecule has 0 saturated heterocycles. The van der Waals surface area contributed by atoms with Crippen molar-refractivity contribution in [3.05, 3.63) is 48.3 Å². The van der Waals surface area contributed by atoms with Gasteiger partial charge in [0, 0.05) is 10.6 Å². The van der Waals surface area contributed by atoms with Crippen LogP contribution in [-0.4, -0.2) is 37.4 Å². The van der Waals surface area contributed by atoms with E-state index in [2.05, 4.69) is 5.32 Å². The van der Waals surface area contributed by atoms with Gasteiger partial charge in [0.15, 0.2) is 18.1 Å². The summed E-state index contributed by atoms with van der Waals surface area (Å²) in [5.41, 5.74) is 0.303. The van der Waals surface area contributed by atoms with E-state index in [1.165, 1.54) is 30.0 Å². The maximum Gasteiger partial charge on any atom is 0.316 e. The van der Waals surface area contributed by atoms with Crippen molar-refractivity contribution in [2.75, 3.05) is 30.9 Å². The number of nitrogens with one attached hydrogen (secondary N) is 1. The van der Waals surface area contributed by atoms with Crippen LogP contribution in [0.2, 0.25) is 0 Å². The molecule has 0 spiro atoms. The maximum absolute atomic E-state index is 13.0. The van der Waals surface area contributed by atoms with Gasteiger partial charge in [0.25, 0.3) is 5.91 Å². The SMILES string of the molecule is O=C(COC(=O)CSc1ccc2c(c1)OCCO2)Nc1cccc(F)c1. The standard InChI is InChI=1S/C18H16FNO5S/c19-12-2-1-3-13(8-12)20-17(21)10-25-18(22)11-26-14-4-5-15-16(9-14)24-7-6-23-15/h1-5,8-9H,6-7,10-11H2,(H,20,21). The van der Waals surface area contributed by atoms with Crippen LogP contribution in [0.4, 0.5) is 10.1 Å². The Labute approximate surface area is 153 Å². The molecule has 0 unspecified atom stereocenters. The third-order valence-electron chi connectivity index (χ3n) is 3.34. The Morgan fingerprint density at radius 3 is 2.73 bits per heavy atom. The molecule has 0 aliphatic carbocycles. The number of carbonyl (C=O) groups excluding carboxylic acids is 2. The molecular formula is C18H16FNO5S. The number of rotatable bonds is 6. The van der Waals surface area contributed by atoms with E-state index in [-0.39, 0.29) is 5.75 Å². The predicted molar refractivity (Wildman–Crippen MR) is 94.1 cm³/mol. The van der Waals surface area contributed by atoms with E-state index in [0.717, 1.165) is 4.90 Å². The number of carbonyl (C=O) groups is 2. The fraction of sp³-hybridized carbons (Fsp3) is 0.222. The zero-order valence-electron chi connectivity index (χ0n) is 13.7. The molecule has 1 heterocycles. The number of halogens is 1. The lowest BCUT2D eigenvalue weighted by molar-refractivity contribution is -0.144. The van der Waals surface area contributed by atoms with Crippen molar-refractivity contribution in [3.63, 3.8) is 0 Å². The van der Waals surface area contributed by atoms with Crippen molar-refractivity contribution >= 4 is 29.3 Å². The van der Waals surface area contributed by atoms with Gasteiger partial charge in [-0.3, -0.25) is 9.59 Å². The third-order valence-corrected chi connectivity index (χ3v) is 4.31. The molecule has 0 atom stereocenters. The van der Waals surface area contributed by atoms with E-state index in [9.17, 15) is 14.0 Å². The summed E-state index contributed by atoms with van der Waals surface area (Å²) in [5, 5.41) is 2.45. The van der Waals surface area contributed by atoms with Crippen molar-refractivity contribution in [3.8, 4) is 11.5 Å². The van der Waals surface area contributed by atoms with E-state index in [4.69, 9.17) is 14.2 Å². The van der Waals surface area contributed by atoms with Gasteiger partial charge in [-0.25, -0.2) is 4.39 Å². The number of anilines is 1. The zero-order valence-corrected chi connectivity index (χ0v) is 14.5. The van der Waals surface area contributed by atoms with Crippen LogP contribution in [0.1, 0.15) is 0 Å². The lowest BCUT2D eigenvalue weighted by Crippen LogP contribution is -2.21. The first-order chi connectivity index (χ1) is 12.6. The van der Waals surface area contributed by atoms with E-state index in [1.807, 2.05) is 6.07 Å². The summed E-state index contributed by atoms with van der Waals surface area (Å²) in [5.74, 6) is -0.156. The van der Waals surface area contributed by atoms with Gasteiger partial charge in [0.1, 0.15) is 19.0 Å². The Bertz CT molecular complexity index is 814. The molecule has 1 aliphatic rings. The van der Waals surface area contributed by atoms with E-state index < -0.39 is 24.3 Å². The van der Waals surface area contributed by atoms with E-state index >= 15 is 0 Å². The number of esters is 1. The van der Waals surface area contributed by atoms with E-state index in [0.29, 0.717) is 30.4 Å². The predicted octanol–water partition coefficient (Wildman–Crippen LogP) is 2.87. The first-order valence-electron chi connectivity index (χ1n) is 7.83. The normalized spacial score (nSPS) is 12.3. The molecule has 0 bridgehead atoms. The van der Waals surface area contributed by atoms with Gasteiger partial charge in [-0.15, -0.1) is 11.8 Å². The zero-order chi connectivity index (χ0) is 18.4. The second-order valence-corrected chi connectivity index (χ2v) is 6.36. The average Bonchev–Trinajstić information content (AvgIpc) is 2.64. The minimum Gasteiger partial charge on any atom is -0.486 e. The average molecular weight is 377 g/mol. The van der Waals surface area contributed by atoms with Crippen LogP contribution in [0.5, 0.6) is 11.5 Å². The summed E-state index contributed by atoms with van der Waals surface area (Å²) in [6, 6.07) is 10.9. The fourth-order valence-corrected chi connectivity index (χ4v) is 2.93. The first kappa shape index (κ1) is 18.1. The smallest absolute Gasteiger partial charge is 0.316 e. The van der Waals surface area contributed by atoms with Gasteiger partial charge < -0.3 is 19.5 Å². The van der Waals surface area contributed by atoms with Gasteiger partial charge in [0.05, 0.1) is 5.75 Å². The van der Waals surface area contributed by atoms with Crippen LogP contribution in [0.3, 0.4) is 0 Å². The van der Waals surface area contributed by atoms with Crippen molar-refractivity contribution in [1.29, 1.82) is 0 Å². The molecular weight excluding hydrogens is 361 g/mol. The second kappa shape index (κ2) is 8.57. The Hall–Kier alpha value is -2.74. The number of ether oxygens (including phenoxy) is 3. The molecule has 136 valence electrons. The van der Waals surface area contributed by atoms with Crippen LogP contribution in [0.25, 0.3) is 0 Å². The largest absolute Gasteiger partial charge is 0.486 e. The summed E-state index contributed by atoms with van der Waals surface area (Å²) in [4.78, 5) is 24.3. The summed E-state index contributed by atoms with van der Waals surface area (Å²) in [7, 11) is 0. The monoisotopic (exact) mass is 377 g/mol. The van der Waals surface area contributed by atoms with Crippen LogP contribution in [0, 0.1) is 5.82 Å². The molecule has 2 aromatic carbocycles. The summed E-state index contributed by atoms with van der Waals surface area (Å²) in [6.45, 7) is 0.574. The number of fused-ring (bicyclic) bond motifs is 1. The minimum atomic E-state index is -0.534. The maximum atomic E-state index is 13.0. The van der Waals surface area contributed by atoms with Crippen molar-refractivity contribution in [1.82, 2.24) is 0 Å². The highest BCUT2D eigenvalue weighted by Gasteiger charge is 2.13. The molecule has 3 rings (SSSR count). The first-order valence-corrected chi connectivity index (χ1v) is 8.82. The minimum absolute atomic E-state index is 0.0485. The lowest BCUT2D eigenvalue weighted by Gasteiger charge is -2.18. The molecule has 6 nitrogen and oxygen atoms in total. The van der Waals surface area contributed by atoms with Crippen molar-refractivity contribution in [2.24, 2.45) is 0 Å². The Morgan fingerprint density at radius 1 is 1.12 bits per heavy atom. The molecule has 0 fully saturated rings. The van der Waals surface area contributed by atoms with Crippen LogP contribution < -0.4 is 14.8 Å². The molecule has 1 amide bonds. The molecule has 0 radical (unpaired) electrons. The Kier molecular flexibility index (Phi) is 5.96. The highest BCUT2D eigenvalue weighted by molar-refractivity contribution is 8.00. The summed E-state index contributed by atoms with van der Waals surface area (Å²) >= 11 is 1.27. The number of amides is 1. The number of hydrogen-bond acceptors (Lipinski definition) is 6. The molecule has 8 heteroatoms. The number of hydrogen-bond donors (Lipinski definition) is 1. The fourth-order valence-electron chi connectivity index (χ4n) is 2.21. The molecule has 26 heavy (non-hydrogen) atoms. The molecule has 2 aromatic rings. The van der Waals surface area contributed by atoms with E-state index in [1.54, 1.807) is 18.2 Å². The summed E-state index contributed by atoms with van der Waals surface area (Å²) < 4.78 is 28.9. The van der Waals surface area contributed by atoms with Crippen LogP contribution in [0.15, 0.2) is 47.4 Å². The Balaban J connectivity index is 1.42. The highest BCUT2D eigenvalue weighted by atomic mass is 32.2. The van der Waals surface area contributed by atoms with Gasteiger partial charge in [-0.05, 0) is 36.4 Å². The summed E-state index contributed by atoms with van der Waals surface area (Å²) in [6.07, 6.45) is 0. The van der Waals surface area contributed by atoms with Crippen molar-refractivity contribution in [2.45, 2.75) is 4.90 Å². The van der Waals surface area contributed by atoms with Gasteiger partial charge in [-0.2, -0.15) is 0 Å². The lowest BCUT2D eigenvalue weighted by atomic mass is 10.3. The quantitative estimate of drug-likeness (QED) is 0.616. The van der Waals surface area contributed by atoms with Gasteiger partial charge >= 0.3 is 5.97 Å². The van der Waals surface area contributed by atoms with Gasteiger partial charge in [-0.1, -0.05) is 6.07 Å². The second-order valence-electron chi connectivity index (χ2n) is 5.31. The van der Waals surface area contributed by atoms with Crippen molar-refractivity contribution < 1.29 is 28.2 Å². The third kappa shape index (κ3) is 5.13. The van der Waals surface area contributed by atoms with Gasteiger partial charge in [0.2, 0.25) is 0 Å². The highest BCUT2D eigenvalue weighted by Crippen LogP contribution is 2.34. The number of benzene rings is 2. The topological polar surface area (TPSA) is 73.9 Å². The molecule has 1 N–H and O–H groups in total. The molecule has 0 saturated carbocycles. The van der Waals surface area contributed by atoms with Crippen LogP contribution in [-0.2, 0) is 14.3 Å². The molecule has 1 aliphatic heterocycles. The number of thioether (sulfide) groups is 1. The van der Waals surface area contributed by atoms with Crippen LogP contribution >= 0.6 is 11.8 Å². The Morgan fingerprint density at radius 2 is 1.92 bits per heavy atom.